The third-order valence-electron chi connectivity index (χ3n) is 14.5. The highest BCUT2D eigenvalue weighted by atomic mass is 127. The number of unbranched alkanes of at least 4 members (excludes halogenated alkanes) is 2. The molecule has 13 heteroatoms. The van der Waals surface area contributed by atoms with E-state index >= 15 is 0 Å². The molecule has 4 rings (SSSR count). The number of esters is 1. The number of halogens is 1. The van der Waals surface area contributed by atoms with E-state index in [0.717, 1.165) is 44.9 Å². The Morgan fingerprint density at radius 1 is 0.871 bits per heavy atom. The van der Waals surface area contributed by atoms with Crippen LogP contribution in [0.25, 0.3) is 0 Å². The van der Waals surface area contributed by atoms with Crippen LogP contribution in [0, 0.1) is 17.8 Å². The fourth-order valence-corrected chi connectivity index (χ4v) is 11.2. The Kier molecular flexibility index (Phi) is 25.3. The van der Waals surface area contributed by atoms with Crippen molar-refractivity contribution < 1.29 is 52.2 Å². The van der Waals surface area contributed by atoms with Crippen LogP contribution in [0.2, 0.25) is 18.1 Å². The first-order valence-corrected chi connectivity index (χ1v) is 30.7. The van der Waals surface area contributed by atoms with Crippen molar-refractivity contribution in [3.63, 3.8) is 0 Å². The topological polar surface area (TPSA) is 120 Å². The third-order valence-corrected chi connectivity index (χ3v) is 19.4. The van der Waals surface area contributed by atoms with Crippen LogP contribution in [-0.4, -0.2) is 118 Å². The van der Waals surface area contributed by atoms with Crippen LogP contribution in [-0.2, 0) is 47.1 Å². The Bertz CT molecular complexity index is 1740. The normalized spacial score (nSPS) is 31.7. The molecular formula is C57H95IO11Si. The Hall–Kier alpha value is -1.50. The van der Waals surface area contributed by atoms with Crippen molar-refractivity contribution in [3.8, 4) is 0 Å². The lowest BCUT2D eigenvalue weighted by Crippen LogP contribution is -2.52. The van der Waals surface area contributed by atoms with Gasteiger partial charge < -0.3 is 47.4 Å². The van der Waals surface area contributed by atoms with Crippen LogP contribution in [0.5, 0.6) is 0 Å². The maximum atomic E-state index is 12.2. The molecule has 4 aliphatic rings. The van der Waals surface area contributed by atoms with Gasteiger partial charge in [0.1, 0.15) is 36.8 Å². The molecule has 0 aromatic rings. The second kappa shape index (κ2) is 29.0. The van der Waals surface area contributed by atoms with Crippen LogP contribution >= 0.6 is 22.6 Å². The molecular weight excluding hydrogens is 1020 g/mol. The average Bonchev–Trinajstić information content (AvgIpc) is 3.61. The van der Waals surface area contributed by atoms with Crippen molar-refractivity contribution >= 4 is 36.9 Å². The molecule has 70 heavy (non-hydrogen) atoms. The molecule has 0 aromatic heterocycles. The van der Waals surface area contributed by atoms with E-state index < -0.39 is 26.1 Å². The van der Waals surface area contributed by atoms with Crippen molar-refractivity contribution in [2.24, 2.45) is 17.8 Å². The Balaban J connectivity index is 1.34. The first kappa shape index (κ1) is 61.0. The summed E-state index contributed by atoms with van der Waals surface area (Å²) in [6.45, 7) is 30.1. The van der Waals surface area contributed by atoms with E-state index in [-0.39, 0.29) is 96.8 Å². The van der Waals surface area contributed by atoms with E-state index in [0.29, 0.717) is 25.2 Å². The molecule has 0 radical (unpaired) electrons. The van der Waals surface area contributed by atoms with Gasteiger partial charge in [0.05, 0.1) is 54.9 Å². The van der Waals surface area contributed by atoms with E-state index in [4.69, 9.17) is 42.3 Å². The van der Waals surface area contributed by atoms with Gasteiger partial charge in [0.25, 0.3) is 0 Å². The molecule has 0 aliphatic carbocycles. The fourth-order valence-electron chi connectivity index (χ4n) is 9.58. The molecule has 15 atom stereocenters. The number of ether oxygens (including phenoxy) is 8. The third kappa shape index (κ3) is 19.6. The van der Waals surface area contributed by atoms with E-state index in [1.165, 1.54) is 5.57 Å². The highest BCUT2D eigenvalue weighted by molar-refractivity contribution is 14.1. The molecule has 0 saturated carbocycles. The van der Waals surface area contributed by atoms with E-state index in [2.05, 4.69) is 133 Å². The molecule has 2 bridgehead atoms. The lowest BCUT2D eigenvalue weighted by Gasteiger charge is -2.43. The Morgan fingerprint density at radius 2 is 1.59 bits per heavy atom. The minimum Gasteiger partial charge on any atom is -0.460 e. The molecule has 1 N–H and O–H groups in total. The predicted molar refractivity (Wildman–Crippen MR) is 292 cm³/mol. The van der Waals surface area contributed by atoms with Gasteiger partial charge in [0.2, 0.25) is 0 Å². The maximum absolute atomic E-state index is 12.2. The number of methoxy groups -OCH3 is 1. The Morgan fingerprint density at radius 3 is 2.26 bits per heavy atom. The van der Waals surface area contributed by atoms with Crippen LogP contribution < -0.4 is 0 Å². The summed E-state index contributed by atoms with van der Waals surface area (Å²) in [7, 11) is -0.444. The summed E-state index contributed by atoms with van der Waals surface area (Å²) >= 11 is 2.24. The minimum atomic E-state index is -2.08. The van der Waals surface area contributed by atoms with Crippen molar-refractivity contribution in [2.75, 3.05) is 13.9 Å². The summed E-state index contributed by atoms with van der Waals surface area (Å²) in [4.78, 5) is 12.2. The number of fused-ring (bicyclic) bond motifs is 2. The highest BCUT2D eigenvalue weighted by Crippen LogP contribution is 2.41. The van der Waals surface area contributed by atoms with E-state index in [9.17, 15) is 9.90 Å². The summed E-state index contributed by atoms with van der Waals surface area (Å²) in [5.74, 6) is 0.555. The number of allylic oxidation sites excluding steroid dienone is 3. The number of carbonyl (C=O) groups excluding carboxylic acids is 1. The minimum absolute atomic E-state index is 0.00391. The van der Waals surface area contributed by atoms with Gasteiger partial charge in [-0.05, 0) is 120 Å². The molecule has 0 amide bonds. The zero-order chi connectivity index (χ0) is 51.8. The number of aliphatic hydroxyl groups is 1. The summed E-state index contributed by atoms with van der Waals surface area (Å²) in [5.41, 5.74) is 0.730. The highest BCUT2D eigenvalue weighted by Gasteiger charge is 2.46. The zero-order valence-electron chi connectivity index (χ0n) is 45.8. The van der Waals surface area contributed by atoms with Gasteiger partial charge in [-0.2, -0.15) is 0 Å². The molecule has 4 aliphatic heterocycles. The van der Waals surface area contributed by atoms with Gasteiger partial charge in [-0.25, -0.2) is 0 Å². The van der Waals surface area contributed by atoms with Gasteiger partial charge in [-0.15, -0.1) is 0 Å². The van der Waals surface area contributed by atoms with Crippen LogP contribution in [0.3, 0.4) is 0 Å². The molecule has 400 valence electrons. The van der Waals surface area contributed by atoms with Crippen LogP contribution in [0.1, 0.15) is 147 Å². The largest absolute Gasteiger partial charge is 0.460 e. The molecule has 3 unspecified atom stereocenters. The summed E-state index contributed by atoms with van der Waals surface area (Å²) in [5, 5.41) is 11.7. The second-order valence-electron chi connectivity index (χ2n) is 23.2. The van der Waals surface area contributed by atoms with Gasteiger partial charge >= 0.3 is 5.97 Å². The molecule has 0 spiro atoms. The Labute approximate surface area is 439 Å². The standard InChI is InChI=1S/C57H95IO11Si/c1-38(2)63-55(52-35-49(62-37-61-13)41(5)45(66-52)27-23-28-46-42(6)50-36-51(65-46)47(67-50)32-33-58)44(59)26-20-18-16-17-19-25-43-30-31-48(69-70(14,15)57(10,11)12)54(64-43)40(4)34-39(3)24-21-22-29-53(60)68-56(7,8)9/h17,19-20,23,26,28,30-34,38-39,41-52,54-55,59H,16,18,21-22,24-25,27,29,35-37H2,1-15H3/b19-17+,26-20+,28-23+,33-32+,40-34+/t39-,41+,42?,43+,44+,45-,46+,47?,48+,49+,50?,51+,52-,54+,55+/m1/s1. The number of hydrogen-bond donors (Lipinski definition) is 1. The lowest BCUT2D eigenvalue weighted by molar-refractivity contribution is -0.216. The predicted octanol–water partition coefficient (Wildman–Crippen LogP) is 12.9. The summed E-state index contributed by atoms with van der Waals surface area (Å²) in [6.07, 6.45) is 26.8. The van der Waals surface area contributed by atoms with Crippen LogP contribution in [0.15, 0.2) is 70.4 Å². The molecule has 3 saturated heterocycles. The smallest absolute Gasteiger partial charge is 0.306 e. The first-order chi connectivity index (χ1) is 32.9. The van der Waals surface area contributed by atoms with Gasteiger partial charge in [0.15, 0.2) is 8.32 Å². The summed E-state index contributed by atoms with van der Waals surface area (Å²) in [6, 6.07) is 0. The van der Waals surface area contributed by atoms with Crippen molar-refractivity contribution in [1.82, 2.24) is 0 Å². The number of aliphatic hydroxyl groups excluding tert-OH is 1. The van der Waals surface area contributed by atoms with E-state index in [1.54, 1.807) is 7.11 Å². The zero-order valence-corrected chi connectivity index (χ0v) is 48.9. The second-order valence-corrected chi connectivity index (χ2v) is 28.6. The first-order valence-electron chi connectivity index (χ1n) is 26.5. The molecule has 4 heterocycles. The molecule has 3 fully saturated rings. The van der Waals surface area contributed by atoms with Gasteiger partial charge in [-0.1, -0.05) is 125 Å². The number of hydrogen-bond acceptors (Lipinski definition) is 11. The van der Waals surface area contributed by atoms with Crippen molar-refractivity contribution in [3.05, 3.63) is 70.4 Å². The summed E-state index contributed by atoms with van der Waals surface area (Å²) < 4.78 is 59.0. The number of rotatable bonds is 26. The van der Waals surface area contributed by atoms with E-state index in [1.807, 2.05) is 50.9 Å². The lowest BCUT2D eigenvalue weighted by atomic mass is 9.85. The SMILES string of the molecule is COCO[C@H]1C[C@H]([C@@H](OC(C)C)[C@@H](O)/C=C/CC/C=C/C[C@H]2C=C[C@H](O[Si](C)(C)C(C)(C)C)[C@H](/C(C)=C/[C@H](C)CCCCC(=O)OC(C)(C)C)O2)O[C@H](C/C=C/[C@@H]2O[C@H]3CC(OC3/C=C/I)C2C)[C@@H]1C. The fraction of sp³-hybridized carbons (Fsp3) is 0.772. The van der Waals surface area contributed by atoms with Crippen molar-refractivity contribution in [2.45, 2.75) is 250 Å². The van der Waals surface area contributed by atoms with Gasteiger partial charge in [0, 0.05) is 38.2 Å². The van der Waals surface area contributed by atoms with Crippen LogP contribution in [0.4, 0.5) is 0 Å². The average molecular weight is 1110 g/mol. The van der Waals surface area contributed by atoms with Gasteiger partial charge in [-0.3, -0.25) is 4.79 Å². The number of carbonyl (C=O) groups is 1. The molecule has 0 aromatic carbocycles. The molecule has 11 nitrogen and oxygen atoms in total. The monoisotopic (exact) mass is 1110 g/mol. The maximum Gasteiger partial charge on any atom is 0.306 e. The quantitative estimate of drug-likeness (QED) is 0.0223. The van der Waals surface area contributed by atoms with Crippen molar-refractivity contribution in [1.29, 1.82) is 0 Å².